The van der Waals surface area contributed by atoms with Crippen molar-refractivity contribution in [1.82, 2.24) is 10.6 Å². The van der Waals surface area contributed by atoms with Crippen molar-refractivity contribution in [2.75, 3.05) is 20.7 Å². The Morgan fingerprint density at radius 3 is 1.84 bits per heavy atom. The van der Waals surface area contributed by atoms with Crippen molar-refractivity contribution >= 4 is 11.8 Å². The smallest absolute Gasteiger partial charge is 0.251 e. The molecule has 2 amide bonds. The molecule has 1 aliphatic heterocycles. The zero-order valence-electron chi connectivity index (χ0n) is 17.9. The Morgan fingerprint density at radius 2 is 1.34 bits per heavy atom. The Bertz CT molecular complexity index is 927. The van der Waals surface area contributed by atoms with E-state index in [0.29, 0.717) is 16.7 Å². The summed E-state index contributed by atoms with van der Waals surface area (Å²) in [4.78, 5) is 24.3. The second-order valence-corrected chi connectivity index (χ2v) is 7.73. The molecule has 0 saturated carbocycles. The van der Waals surface area contributed by atoms with Gasteiger partial charge in [-0.25, -0.2) is 0 Å². The standard InChI is InChI=1S/C23H28N2O7/c1-24-22(30)15-8-14(9-16(10-15)23(31)25-2)13-5-3-12(4-6-13)7-17-19(27)21(29)20(28)18(11-26)32-17/h3-6,8-10,17-21,26-29H,7,11H2,1-2H3,(H,24,30)(H,25,31)/t17-,18-,19-,20-,21-/m1/s1. The molecule has 1 fully saturated rings. The lowest BCUT2D eigenvalue weighted by Crippen LogP contribution is -2.58. The fourth-order valence-electron chi connectivity index (χ4n) is 3.76. The first-order valence-electron chi connectivity index (χ1n) is 10.3. The van der Waals surface area contributed by atoms with Gasteiger partial charge in [0.1, 0.15) is 24.4 Å². The monoisotopic (exact) mass is 444 g/mol. The summed E-state index contributed by atoms with van der Waals surface area (Å²) in [5, 5.41) is 44.6. The maximum Gasteiger partial charge on any atom is 0.251 e. The second kappa shape index (κ2) is 10.2. The predicted octanol–water partition coefficient (Wildman–Crippen LogP) is -0.542. The summed E-state index contributed by atoms with van der Waals surface area (Å²) < 4.78 is 5.56. The molecule has 1 saturated heterocycles. The number of aliphatic hydroxyl groups excluding tert-OH is 4. The van der Waals surface area contributed by atoms with Gasteiger partial charge in [-0.3, -0.25) is 9.59 Å². The maximum atomic E-state index is 12.1. The van der Waals surface area contributed by atoms with E-state index in [4.69, 9.17) is 4.74 Å². The normalized spacial score (nSPS) is 25.2. The van der Waals surface area contributed by atoms with Crippen LogP contribution in [0.3, 0.4) is 0 Å². The van der Waals surface area contributed by atoms with Crippen LogP contribution >= 0.6 is 0 Å². The van der Waals surface area contributed by atoms with E-state index in [1.807, 2.05) is 24.3 Å². The summed E-state index contributed by atoms with van der Waals surface area (Å²) in [6, 6.07) is 12.2. The number of rotatable bonds is 6. The fourth-order valence-corrected chi connectivity index (χ4v) is 3.76. The Labute approximate surface area is 185 Å². The van der Waals surface area contributed by atoms with Crippen molar-refractivity contribution < 1.29 is 34.8 Å². The molecule has 2 aromatic rings. The summed E-state index contributed by atoms with van der Waals surface area (Å²) in [7, 11) is 3.03. The van der Waals surface area contributed by atoms with Gasteiger partial charge < -0.3 is 35.8 Å². The van der Waals surface area contributed by atoms with E-state index in [-0.39, 0.29) is 18.2 Å². The van der Waals surface area contributed by atoms with Gasteiger partial charge in [0.25, 0.3) is 11.8 Å². The number of hydrogen-bond donors (Lipinski definition) is 6. The van der Waals surface area contributed by atoms with Crippen LogP contribution in [0.5, 0.6) is 0 Å². The van der Waals surface area contributed by atoms with Crippen molar-refractivity contribution in [2.24, 2.45) is 0 Å². The molecular formula is C23H28N2O7. The van der Waals surface area contributed by atoms with Crippen LogP contribution in [0.4, 0.5) is 0 Å². The van der Waals surface area contributed by atoms with Gasteiger partial charge >= 0.3 is 0 Å². The molecule has 9 nitrogen and oxygen atoms in total. The van der Waals surface area contributed by atoms with Gasteiger partial charge in [-0.05, 0) is 34.9 Å². The molecule has 32 heavy (non-hydrogen) atoms. The molecule has 0 aliphatic carbocycles. The van der Waals surface area contributed by atoms with Crippen molar-refractivity contribution in [1.29, 1.82) is 0 Å². The van der Waals surface area contributed by atoms with E-state index in [2.05, 4.69) is 10.6 Å². The number of ether oxygens (including phenoxy) is 1. The van der Waals surface area contributed by atoms with Gasteiger partial charge in [-0.1, -0.05) is 24.3 Å². The van der Waals surface area contributed by atoms with Crippen molar-refractivity contribution in [2.45, 2.75) is 36.9 Å². The van der Waals surface area contributed by atoms with Gasteiger partial charge in [-0.15, -0.1) is 0 Å². The largest absolute Gasteiger partial charge is 0.394 e. The van der Waals surface area contributed by atoms with Gasteiger partial charge in [0.2, 0.25) is 0 Å². The highest BCUT2D eigenvalue weighted by Crippen LogP contribution is 2.26. The highest BCUT2D eigenvalue weighted by molar-refractivity contribution is 6.01. The van der Waals surface area contributed by atoms with Gasteiger partial charge in [0, 0.05) is 31.6 Å². The van der Waals surface area contributed by atoms with Crippen LogP contribution in [-0.2, 0) is 11.2 Å². The van der Waals surface area contributed by atoms with E-state index < -0.39 is 37.1 Å². The number of carbonyl (C=O) groups is 2. The lowest BCUT2D eigenvalue weighted by molar-refractivity contribution is -0.228. The molecule has 0 unspecified atom stereocenters. The first-order chi connectivity index (χ1) is 15.3. The van der Waals surface area contributed by atoms with Crippen LogP contribution in [0.2, 0.25) is 0 Å². The maximum absolute atomic E-state index is 12.1. The average molecular weight is 444 g/mol. The zero-order valence-corrected chi connectivity index (χ0v) is 17.9. The summed E-state index contributed by atoms with van der Waals surface area (Å²) in [6.45, 7) is -0.476. The summed E-state index contributed by atoms with van der Waals surface area (Å²) in [6.07, 6.45) is -5.60. The minimum Gasteiger partial charge on any atom is -0.394 e. The summed E-state index contributed by atoms with van der Waals surface area (Å²) >= 11 is 0. The highest BCUT2D eigenvalue weighted by Gasteiger charge is 2.43. The molecule has 9 heteroatoms. The Balaban J connectivity index is 1.84. The second-order valence-electron chi connectivity index (χ2n) is 7.73. The molecule has 0 radical (unpaired) electrons. The van der Waals surface area contributed by atoms with Crippen molar-refractivity contribution in [3.8, 4) is 11.1 Å². The summed E-state index contributed by atoms with van der Waals surface area (Å²) in [5.74, 6) is -0.618. The number of benzene rings is 2. The first kappa shape index (κ1) is 23.8. The topological polar surface area (TPSA) is 148 Å². The average Bonchev–Trinajstić information content (AvgIpc) is 2.83. The fraction of sp³-hybridized carbons (Fsp3) is 0.391. The van der Waals surface area contributed by atoms with E-state index in [9.17, 15) is 30.0 Å². The lowest BCUT2D eigenvalue weighted by atomic mass is 9.91. The molecule has 1 heterocycles. The SMILES string of the molecule is CNC(=O)c1cc(C(=O)NC)cc(-c2ccc(C[C@H]3O[C@H](CO)[C@@H](O)[C@H](O)[C@@H]3O)cc2)c1. The third kappa shape index (κ3) is 4.98. The minimum atomic E-state index is -1.42. The Kier molecular flexibility index (Phi) is 7.60. The number of hydrogen-bond acceptors (Lipinski definition) is 7. The zero-order chi connectivity index (χ0) is 23.4. The van der Waals surface area contributed by atoms with Crippen LogP contribution in [-0.4, -0.2) is 83.5 Å². The van der Waals surface area contributed by atoms with E-state index in [0.717, 1.165) is 11.1 Å². The van der Waals surface area contributed by atoms with E-state index in [1.165, 1.54) is 20.2 Å². The number of carbonyl (C=O) groups excluding carboxylic acids is 2. The molecular weight excluding hydrogens is 416 g/mol. The van der Waals surface area contributed by atoms with Gasteiger partial charge in [-0.2, -0.15) is 0 Å². The third-order valence-electron chi connectivity index (χ3n) is 5.63. The van der Waals surface area contributed by atoms with Crippen LogP contribution in [0.25, 0.3) is 11.1 Å². The molecule has 0 spiro atoms. The number of amides is 2. The number of aliphatic hydroxyl groups is 4. The van der Waals surface area contributed by atoms with Crippen LogP contribution in [0.15, 0.2) is 42.5 Å². The Morgan fingerprint density at radius 1 is 0.812 bits per heavy atom. The lowest BCUT2D eigenvalue weighted by Gasteiger charge is -2.40. The van der Waals surface area contributed by atoms with Crippen LogP contribution in [0.1, 0.15) is 26.3 Å². The first-order valence-corrected chi connectivity index (χ1v) is 10.3. The molecule has 0 bridgehead atoms. The minimum absolute atomic E-state index is 0.253. The molecule has 6 N–H and O–H groups in total. The van der Waals surface area contributed by atoms with Crippen LogP contribution in [0, 0.1) is 0 Å². The van der Waals surface area contributed by atoms with Crippen LogP contribution < -0.4 is 10.6 Å². The third-order valence-corrected chi connectivity index (χ3v) is 5.63. The molecule has 0 aromatic heterocycles. The van der Waals surface area contributed by atoms with Crippen molar-refractivity contribution in [3.05, 3.63) is 59.2 Å². The van der Waals surface area contributed by atoms with Gasteiger partial charge in [0.15, 0.2) is 0 Å². The quantitative estimate of drug-likeness (QED) is 0.350. The number of nitrogens with one attached hydrogen (secondary N) is 2. The molecule has 1 aliphatic rings. The summed E-state index contributed by atoms with van der Waals surface area (Å²) in [5.41, 5.74) is 2.97. The predicted molar refractivity (Wildman–Crippen MR) is 116 cm³/mol. The van der Waals surface area contributed by atoms with Gasteiger partial charge in [0.05, 0.1) is 12.7 Å². The molecule has 172 valence electrons. The molecule has 5 atom stereocenters. The Hall–Kier alpha value is -2.82. The van der Waals surface area contributed by atoms with E-state index >= 15 is 0 Å². The van der Waals surface area contributed by atoms with E-state index in [1.54, 1.807) is 12.1 Å². The molecule has 3 rings (SSSR count). The highest BCUT2D eigenvalue weighted by atomic mass is 16.5. The van der Waals surface area contributed by atoms with Crippen molar-refractivity contribution in [3.63, 3.8) is 0 Å². The molecule has 2 aromatic carbocycles.